The molecule has 1 aliphatic carbocycles. The highest BCUT2D eigenvalue weighted by molar-refractivity contribution is 6.74. The molecule has 6 nitrogen and oxygen atoms in total. The van der Waals surface area contributed by atoms with Gasteiger partial charge in [-0.25, -0.2) is 4.79 Å². The van der Waals surface area contributed by atoms with Crippen molar-refractivity contribution in [1.29, 1.82) is 0 Å². The summed E-state index contributed by atoms with van der Waals surface area (Å²) in [6.07, 6.45) is 4.20. The molecule has 0 radical (unpaired) electrons. The Labute approximate surface area is 180 Å². The third kappa shape index (κ3) is 4.25. The Hall–Kier alpha value is -0.633. The van der Waals surface area contributed by atoms with E-state index in [2.05, 4.69) is 39.2 Å². The Bertz CT molecular complexity index is 627. The number of aliphatic hydroxyl groups is 1. The van der Waals surface area contributed by atoms with E-state index in [4.69, 9.17) is 16.0 Å². The predicted octanol–water partition coefficient (Wildman–Crippen LogP) is 3.91. The average molecular weight is 448 g/mol. The van der Waals surface area contributed by atoms with Crippen LogP contribution < -0.4 is 5.32 Å². The van der Waals surface area contributed by atoms with Crippen molar-refractivity contribution in [3.8, 4) is 0 Å². The molecule has 1 heterocycles. The summed E-state index contributed by atoms with van der Waals surface area (Å²) < 4.78 is 6.75. The summed E-state index contributed by atoms with van der Waals surface area (Å²) in [5.41, 5.74) is -3.70. The fourth-order valence-electron chi connectivity index (χ4n) is 4.68. The molecule has 2 rings (SSSR count). The van der Waals surface area contributed by atoms with Crippen LogP contribution in [0.3, 0.4) is 0 Å². The van der Waals surface area contributed by atoms with Gasteiger partial charge < -0.3 is 20.0 Å². The van der Waals surface area contributed by atoms with Crippen LogP contribution in [-0.4, -0.2) is 53.5 Å². The third-order valence-corrected chi connectivity index (χ3v) is 12.3. The lowest BCUT2D eigenvalue weighted by molar-refractivity contribution is -0.170. The first kappa shape index (κ1) is 24.6. The Balaban J connectivity index is 2.61. The number of alkyl halides is 1. The lowest BCUT2D eigenvalue weighted by Gasteiger charge is -2.50. The molecule has 0 bridgehead atoms. The standard InChI is InChI=1S/C21H38ClNO5Si/c1-19(2,3)29(5,6)28-16(14-10-8-7-9-11-14)21(18(25)26)20(4,27)15(12-13-22)17(24)23-21/h14-16,27H,7-13H2,1-6H3,(H,23,24)(H,25,26). The largest absolute Gasteiger partial charge is 0.479 e. The van der Waals surface area contributed by atoms with Crippen molar-refractivity contribution >= 4 is 31.8 Å². The first-order chi connectivity index (χ1) is 13.2. The quantitative estimate of drug-likeness (QED) is 0.406. The number of carbonyl (C=O) groups is 2. The van der Waals surface area contributed by atoms with Gasteiger partial charge in [-0.1, -0.05) is 40.0 Å². The van der Waals surface area contributed by atoms with Gasteiger partial charge in [0.2, 0.25) is 5.91 Å². The zero-order valence-corrected chi connectivity index (χ0v) is 20.4. The van der Waals surface area contributed by atoms with Crippen molar-refractivity contribution in [3.05, 3.63) is 0 Å². The second-order valence-electron chi connectivity index (χ2n) is 10.5. The number of aliphatic carboxylic acids is 1. The molecule has 0 aromatic rings. The van der Waals surface area contributed by atoms with Crippen molar-refractivity contribution in [1.82, 2.24) is 5.32 Å². The van der Waals surface area contributed by atoms with Gasteiger partial charge in [0.15, 0.2) is 13.9 Å². The summed E-state index contributed by atoms with van der Waals surface area (Å²) in [6.45, 7) is 11.9. The fourth-order valence-corrected chi connectivity index (χ4v) is 6.26. The first-order valence-electron chi connectivity index (χ1n) is 10.7. The molecule has 0 spiro atoms. The minimum Gasteiger partial charge on any atom is -0.479 e. The summed E-state index contributed by atoms with van der Waals surface area (Å²) in [6, 6.07) is 0. The number of halogens is 1. The van der Waals surface area contributed by atoms with Crippen molar-refractivity contribution in [3.63, 3.8) is 0 Å². The Morgan fingerprint density at radius 1 is 1.31 bits per heavy atom. The second kappa shape index (κ2) is 8.48. The highest BCUT2D eigenvalue weighted by Gasteiger charge is 2.70. The molecule has 0 aromatic heterocycles. The summed E-state index contributed by atoms with van der Waals surface area (Å²) >= 11 is 5.88. The molecule has 29 heavy (non-hydrogen) atoms. The average Bonchev–Trinajstić information content (AvgIpc) is 2.80. The van der Waals surface area contributed by atoms with Crippen LogP contribution in [0.15, 0.2) is 0 Å². The fraction of sp³-hybridized carbons (Fsp3) is 0.905. The highest BCUT2D eigenvalue weighted by atomic mass is 35.5. The monoisotopic (exact) mass is 447 g/mol. The molecule has 3 N–H and O–H groups in total. The number of carboxylic acids is 1. The van der Waals surface area contributed by atoms with E-state index in [1.165, 1.54) is 6.92 Å². The topological polar surface area (TPSA) is 95.9 Å². The number of carbonyl (C=O) groups excluding carboxylic acids is 1. The van der Waals surface area contributed by atoms with E-state index >= 15 is 0 Å². The lowest BCUT2D eigenvalue weighted by atomic mass is 9.67. The second-order valence-corrected chi connectivity index (χ2v) is 15.6. The molecular formula is C21H38ClNO5Si. The zero-order valence-electron chi connectivity index (χ0n) is 18.7. The first-order valence-corrected chi connectivity index (χ1v) is 14.2. The van der Waals surface area contributed by atoms with Gasteiger partial charge in [0.1, 0.15) is 5.60 Å². The van der Waals surface area contributed by atoms with Crippen molar-refractivity contribution in [2.75, 3.05) is 5.88 Å². The Morgan fingerprint density at radius 3 is 2.31 bits per heavy atom. The maximum atomic E-state index is 12.8. The summed E-state index contributed by atoms with van der Waals surface area (Å²) in [5.74, 6) is -2.44. The number of carboxylic acid groups (broad SMARTS) is 1. The van der Waals surface area contributed by atoms with Crippen LogP contribution in [0.25, 0.3) is 0 Å². The summed E-state index contributed by atoms with van der Waals surface area (Å²) in [4.78, 5) is 25.6. The van der Waals surface area contributed by atoms with Crippen LogP contribution in [0.1, 0.15) is 66.2 Å². The van der Waals surface area contributed by atoms with E-state index in [0.717, 1.165) is 32.1 Å². The van der Waals surface area contributed by atoms with E-state index in [1.54, 1.807) is 0 Å². The van der Waals surface area contributed by atoms with Crippen LogP contribution in [0, 0.1) is 11.8 Å². The molecular weight excluding hydrogens is 410 g/mol. The SMILES string of the molecule is CC1(O)C(CCCl)C(=O)NC1(C(=O)O)C(O[Si](C)(C)C(C)(C)C)C1CCCCC1. The number of rotatable bonds is 7. The molecule has 0 aromatic carbocycles. The van der Waals surface area contributed by atoms with Gasteiger partial charge >= 0.3 is 5.97 Å². The molecule has 2 aliphatic rings. The predicted molar refractivity (Wildman–Crippen MR) is 117 cm³/mol. The normalized spacial score (nSPS) is 32.8. The van der Waals surface area contributed by atoms with Crippen molar-refractivity contribution < 1.29 is 24.2 Å². The van der Waals surface area contributed by atoms with Crippen LogP contribution in [0.5, 0.6) is 0 Å². The van der Waals surface area contributed by atoms with Gasteiger partial charge in [0.25, 0.3) is 0 Å². The molecule has 4 unspecified atom stereocenters. The van der Waals surface area contributed by atoms with Crippen molar-refractivity contribution in [2.24, 2.45) is 11.8 Å². The summed E-state index contributed by atoms with van der Waals surface area (Å²) in [5, 5.41) is 24.6. The molecule has 1 saturated heterocycles. The molecule has 168 valence electrons. The molecule has 4 atom stereocenters. The van der Waals surface area contributed by atoms with E-state index in [9.17, 15) is 19.8 Å². The van der Waals surface area contributed by atoms with E-state index in [-0.39, 0.29) is 23.3 Å². The molecule has 8 heteroatoms. The van der Waals surface area contributed by atoms with Gasteiger partial charge in [-0.05, 0) is 50.2 Å². The molecule has 2 fully saturated rings. The summed E-state index contributed by atoms with van der Waals surface area (Å²) in [7, 11) is -2.39. The Kier molecular flexibility index (Phi) is 7.20. The van der Waals surface area contributed by atoms with Gasteiger partial charge in [-0.2, -0.15) is 0 Å². The highest BCUT2D eigenvalue weighted by Crippen LogP contribution is 2.49. The van der Waals surface area contributed by atoms with Crippen LogP contribution >= 0.6 is 11.6 Å². The number of hydrogen-bond donors (Lipinski definition) is 3. The van der Waals surface area contributed by atoms with E-state index < -0.39 is 43.4 Å². The van der Waals surface area contributed by atoms with Crippen molar-refractivity contribution in [2.45, 2.75) is 102 Å². The zero-order chi connectivity index (χ0) is 22.3. The maximum absolute atomic E-state index is 12.8. The lowest BCUT2D eigenvalue weighted by Crippen LogP contribution is -2.72. The molecule has 1 saturated carbocycles. The number of nitrogens with one attached hydrogen (secondary N) is 1. The maximum Gasteiger partial charge on any atom is 0.335 e. The van der Waals surface area contributed by atoms with Crippen LogP contribution in [-0.2, 0) is 14.0 Å². The van der Waals surface area contributed by atoms with Crippen LogP contribution in [0.2, 0.25) is 18.1 Å². The smallest absolute Gasteiger partial charge is 0.335 e. The van der Waals surface area contributed by atoms with Gasteiger partial charge in [-0.15, -0.1) is 11.6 Å². The molecule has 1 amide bonds. The number of hydrogen-bond acceptors (Lipinski definition) is 4. The third-order valence-electron chi connectivity index (χ3n) is 7.58. The van der Waals surface area contributed by atoms with E-state index in [0.29, 0.717) is 0 Å². The minimum atomic E-state index is -2.39. The number of amides is 1. The van der Waals surface area contributed by atoms with Gasteiger partial charge in [0.05, 0.1) is 12.0 Å². The van der Waals surface area contributed by atoms with Gasteiger partial charge in [-0.3, -0.25) is 4.79 Å². The van der Waals surface area contributed by atoms with Crippen LogP contribution in [0.4, 0.5) is 0 Å². The Morgan fingerprint density at radius 2 is 1.86 bits per heavy atom. The van der Waals surface area contributed by atoms with E-state index in [1.807, 2.05) is 0 Å². The minimum absolute atomic E-state index is 0.0319. The molecule has 1 aliphatic heterocycles. The van der Waals surface area contributed by atoms with Gasteiger partial charge in [0, 0.05) is 5.88 Å².